The maximum Gasteiger partial charge on any atom is 0.175 e. The molecule has 0 atom stereocenters. The van der Waals surface area contributed by atoms with Crippen molar-refractivity contribution in [2.45, 2.75) is 12.8 Å². The van der Waals surface area contributed by atoms with E-state index in [1.165, 1.54) is 11.3 Å². The minimum Gasteiger partial charge on any atom is -0.357 e. The van der Waals surface area contributed by atoms with Gasteiger partial charge >= 0.3 is 0 Å². The molecule has 0 spiro atoms. The van der Waals surface area contributed by atoms with Crippen molar-refractivity contribution in [3.8, 4) is 0 Å². The highest BCUT2D eigenvalue weighted by Crippen LogP contribution is 2.31. The molecule has 0 N–H and O–H groups in total. The van der Waals surface area contributed by atoms with Crippen molar-refractivity contribution >= 4 is 61.4 Å². The van der Waals surface area contributed by atoms with Crippen LogP contribution in [0.1, 0.15) is 17.7 Å². The van der Waals surface area contributed by atoms with Crippen LogP contribution in [0.15, 0.2) is 11.7 Å². The first-order valence-corrected chi connectivity index (χ1v) is 10.8. The van der Waals surface area contributed by atoms with Crippen molar-refractivity contribution < 1.29 is 13.2 Å². The van der Waals surface area contributed by atoms with Crippen LogP contribution in [0.2, 0.25) is 0 Å². The van der Waals surface area contributed by atoms with E-state index >= 15 is 0 Å². The van der Waals surface area contributed by atoms with Gasteiger partial charge in [0, 0.05) is 26.2 Å². The summed E-state index contributed by atoms with van der Waals surface area (Å²) in [6, 6.07) is 0. The van der Waals surface area contributed by atoms with Crippen LogP contribution < -0.4 is 0 Å². The fraction of sp³-hybridized carbons (Fsp3) is 0.571. The number of rotatable bonds is 8. The number of aromatic nitrogens is 1. The molecule has 0 amide bonds. The van der Waals surface area contributed by atoms with Crippen LogP contribution in [-0.2, 0) is 14.6 Å². The average molecular weight is 406 g/mol. The lowest BCUT2D eigenvalue weighted by Gasteiger charge is -2.21. The molecule has 0 bridgehead atoms. The van der Waals surface area contributed by atoms with Gasteiger partial charge in [-0.05, 0) is 12.8 Å². The van der Waals surface area contributed by atoms with E-state index in [9.17, 15) is 13.2 Å². The zero-order valence-corrected chi connectivity index (χ0v) is 16.7. The van der Waals surface area contributed by atoms with Crippen LogP contribution in [0, 0.1) is 5.92 Å². The van der Waals surface area contributed by atoms with E-state index in [2.05, 4.69) is 4.98 Å². The van der Waals surface area contributed by atoms with E-state index in [0.29, 0.717) is 15.9 Å². The monoisotopic (exact) mass is 405 g/mol. The highest BCUT2D eigenvalue weighted by Gasteiger charge is 2.30. The average Bonchev–Trinajstić information content (AvgIpc) is 3.18. The van der Waals surface area contributed by atoms with Gasteiger partial charge in [0.2, 0.25) is 0 Å². The molecule has 1 aliphatic carbocycles. The third-order valence-electron chi connectivity index (χ3n) is 3.48. The molecule has 1 aliphatic rings. The van der Waals surface area contributed by atoms with Crippen LogP contribution >= 0.6 is 35.8 Å². The molecule has 132 valence electrons. The highest BCUT2D eigenvalue weighted by atomic mass is 32.2. The number of thiazole rings is 1. The second-order valence-electron chi connectivity index (χ2n) is 5.89. The Morgan fingerprint density at radius 3 is 2.54 bits per heavy atom. The number of carbonyl (C=O) groups excluding carboxylic acids is 1. The molecular weight excluding hydrogens is 386 g/mol. The molecule has 1 heterocycles. The lowest BCUT2D eigenvalue weighted by molar-refractivity contribution is -0.116. The number of sulfone groups is 1. The Morgan fingerprint density at radius 2 is 2.00 bits per heavy atom. The number of hydrogen-bond acceptors (Lipinski definition) is 7. The van der Waals surface area contributed by atoms with E-state index in [0.717, 1.165) is 17.7 Å². The number of thiocarbonyl (C=S) groups is 2. The SMILES string of the molecule is CN(CC(=O)CS(=O)(=O)CN(C)C(=S)C1CC1)C(=S)c1cncs1. The fourth-order valence-corrected chi connectivity index (χ4v) is 4.84. The summed E-state index contributed by atoms with van der Waals surface area (Å²) in [5.41, 5.74) is 1.65. The number of Topliss-reactive ketones (excluding diaryl/α,β-unsaturated/α-hetero) is 1. The Kier molecular flexibility index (Phi) is 6.40. The largest absolute Gasteiger partial charge is 0.357 e. The van der Waals surface area contributed by atoms with Gasteiger partial charge in [-0.3, -0.25) is 9.78 Å². The minimum atomic E-state index is -3.55. The topological polar surface area (TPSA) is 70.6 Å². The molecule has 1 fully saturated rings. The molecule has 0 saturated heterocycles. The van der Waals surface area contributed by atoms with Gasteiger partial charge in [-0.15, -0.1) is 11.3 Å². The highest BCUT2D eigenvalue weighted by molar-refractivity contribution is 7.92. The lowest BCUT2D eigenvalue weighted by Crippen LogP contribution is -2.38. The molecule has 0 aromatic carbocycles. The molecule has 24 heavy (non-hydrogen) atoms. The van der Waals surface area contributed by atoms with Gasteiger partial charge in [-0.25, -0.2) is 8.42 Å². The maximum atomic E-state index is 12.2. The first-order chi connectivity index (χ1) is 11.2. The molecule has 2 rings (SSSR count). The van der Waals surface area contributed by atoms with Crippen molar-refractivity contribution in [1.29, 1.82) is 0 Å². The smallest absolute Gasteiger partial charge is 0.175 e. The Morgan fingerprint density at radius 1 is 1.33 bits per heavy atom. The van der Waals surface area contributed by atoms with Crippen LogP contribution in [0.25, 0.3) is 0 Å². The van der Waals surface area contributed by atoms with Crippen molar-refractivity contribution in [2.24, 2.45) is 5.92 Å². The molecule has 0 radical (unpaired) electrons. The summed E-state index contributed by atoms with van der Waals surface area (Å²) in [5, 5.41) is 0. The first kappa shape index (κ1) is 19.4. The first-order valence-electron chi connectivity index (χ1n) is 7.30. The van der Waals surface area contributed by atoms with E-state index in [4.69, 9.17) is 24.4 Å². The molecule has 10 heteroatoms. The number of hydrogen-bond donors (Lipinski definition) is 0. The van der Waals surface area contributed by atoms with Gasteiger partial charge < -0.3 is 9.80 Å². The van der Waals surface area contributed by atoms with Crippen molar-refractivity contribution in [3.05, 3.63) is 16.6 Å². The van der Waals surface area contributed by atoms with Gasteiger partial charge in [-0.2, -0.15) is 0 Å². The molecule has 1 aromatic heterocycles. The summed E-state index contributed by atoms with van der Waals surface area (Å²) in [5.74, 6) is -0.814. The van der Waals surface area contributed by atoms with E-state index in [-0.39, 0.29) is 12.4 Å². The molecule has 0 unspecified atom stereocenters. The Labute approximate surface area is 156 Å². The van der Waals surface area contributed by atoms with Crippen LogP contribution in [0.5, 0.6) is 0 Å². The van der Waals surface area contributed by atoms with Gasteiger partial charge in [0.05, 0.1) is 21.9 Å². The van der Waals surface area contributed by atoms with Gasteiger partial charge in [0.25, 0.3) is 0 Å². The third kappa shape index (κ3) is 5.54. The maximum absolute atomic E-state index is 12.2. The predicted molar refractivity (Wildman–Crippen MR) is 103 cm³/mol. The normalized spacial score (nSPS) is 14.2. The summed E-state index contributed by atoms with van der Waals surface area (Å²) < 4.78 is 24.4. The summed E-state index contributed by atoms with van der Waals surface area (Å²) in [4.78, 5) is 21.1. The number of nitrogens with zero attached hydrogens (tertiary/aromatic N) is 3. The zero-order chi connectivity index (χ0) is 17.9. The van der Waals surface area contributed by atoms with Crippen LogP contribution in [0.4, 0.5) is 0 Å². The Balaban J connectivity index is 1.85. The molecule has 1 saturated carbocycles. The molecule has 0 aliphatic heterocycles. The standard InChI is InChI=1S/C14H19N3O3S4/c1-16(14(22)12-5-15-8-23-12)6-11(18)7-24(19,20)9-17(2)13(21)10-3-4-10/h5,8,10H,3-4,6-7,9H2,1-2H3. The zero-order valence-electron chi connectivity index (χ0n) is 13.5. The van der Waals surface area contributed by atoms with Crippen molar-refractivity contribution in [2.75, 3.05) is 32.3 Å². The van der Waals surface area contributed by atoms with Gasteiger partial charge in [0.1, 0.15) is 16.6 Å². The van der Waals surface area contributed by atoms with Crippen LogP contribution in [-0.4, -0.2) is 71.2 Å². The number of likely N-dealkylation sites (N-methyl/N-ethyl adjacent to an activating group) is 1. The Bertz CT molecular complexity index is 726. The number of carbonyl (C=O) groups is 1. The van der Waals surface area contributed by atoms with Crippen molar-refractivity contribution in [3.63, 3.8) is 0 Å². The van der Waals surface area contributed by atoms with E-state index < -0.39 is 21.4 Å². The van der Waals surface area contributed by atoms with Crippen molar-refractivity contribution in [1.82, 2.24) is 14.8 Å². The fourth-order valence-electron chi connectivity index (χ4n) is 2.18. The second-order valence-corrected chi connectivity index (χ2v) is 9.62. The number of ketones is 1. The summed E-state index contributed by atoms with van der Waals surface area (Å²) >= 11 is 11.9. The van der Waals surface area contributed by atoms with Gasteiger partial charge in [0.15, 0.2) is 15.6 Å². The summed E-state index contributed by atoms with van der Waals surface area (Å²) in [7, 11) is -0.219. The Hall–Kier alpha value is -0.970. The summed E-state index contributed by atoms with van der Waals surface area (Å²) in [6.45, 7) is -0.0489. The van der Waals surface area contributed by atoms with E-state index in [1.807, 2.05) is 0 Å². The summed E-state index contributed by atoms with van der Waals surface area (Å²) in [6.07, 6.45) is 3.66. The van der Waals surface area contributed by atoms with E-state index in [1.54, 1.807) is 35.6 Å². The molecular formula is C14H19N3O3S4. The predicted octanol–water partition coefficient (Wildman–Crippen LogP) is 1.36. The quantitative estimate of drug-likeness (QED) is 0.601. The minimum absolute atomic E-state index is 0.0489. The van der Waals surface area contributed by atoms with Crippen LogP contribution in [0.3, 0.4) is 0 Å². The third-order valence-corrected chi connectivity index (χ3v) is 7.11. The molecule has 6 nitrogen and oxygen atoms in total. The van der Waals surface area contributed by atoms with Gasteiger partial charge in [-0.1, -0.05) is 24.4 Å². The lowest BCUT2D eigenvalue weighted by atomic mass is 10.4. The molecule has 1 aromatic rings. The second kappa shape index (κ2) is 7.94.